The predicted molar refractivity (Wildman–Crippen MR) is 148 cm³/mol. The van der Waals surface area contributed by atoms with Crippen LogP contribution in [0.15, 0.2) is 78.9 Å². The summed E-state index contributed by atoms with van der Waals surface area (Å²) >= 11 is 0. The van der Waals surface area contributed by atoms with Gasteiger partial charge in [0.1, 0.15) is 0 Å². The zero-order valence-electron chi connectivity index (χ0n) is 21.0. The number of ether oxygens (including phenoxy) is 1. The summed E-state index contributed by atoms with van der Waals surface area (Å²) in [5, 5.41) is 5.19. The minimum Gasteiger partial charge on any atom is -0.462 e. The van der Waals surface area contributed by atoms with Gasteiger partial charge in [-0.1, -0.05) is 35.9 Å². The number of aromatic nitrogens is 2. The first-order valence-electron chi connectivity index (χ1n) is 12.6. The number of anilines is 1. The molecule has 1 amide bonds. The van der Waals surface area contributed by atoms with E-state index in [1.807, 2.05) is 18.2 Å². The third kappa shape index (κ3) is 5.38. The molecule has 6 nitrogen and oxygen atoms in total. The zero-order chi connectivity index (χ0) is 25.8. The summed E-state index contributed by atoms with van der Waals surface area (Å²) < 4.78 is 5.00. The Morgan fingerprint density at radius 1 is 0.973 bits per heavy atom. The molecule has 0 aliphatic rings. The van der Waals surface area contributed by atoms with Crippen molar-refractivity contribution in [3.8, 4) is 11.4 Å². The molecule has 6 heteroatoms. The Bertz CT molecular complexity index is 1590. The molecule has 0 unspecified atom stereocenters. The number of carbonyl (C=O) groups is 2. The van der Waals surface area contributed by atoms with Crippen LogP contribution in [0.1, 0.15) is 41.3 Å². The second-order valence-corrected chi connectivity index (χ2v) is 9.12. The van der Waals surface area contributed by atoms with Gasteiger partial charge in [0.05, 0.1) is 29.1 Å². The summed E-state index contributed by atoms with van der Waals surface area (Å²) in [7, 11) is 0. The molecule has 0 atom stereocenters. The molecule has 0 spiro atoms. The van der Waals surface area contributed by atoms with E-state index in [4.69, 9.17) is 9.72 Å². The van der Waals surface area contributed by atoms with Crippen molar-refractivity contribution in [1.29, 1.82) is 0 Å². The van der Waals surface area contributed by atoms with E-state index in [1.54, 1.807) is 31.2 Å². The fraction of sp³-hybridized carbons (Fsp3) is 0.194. The number of benzene rings is 3. The van der Waals surface area contributed by atoms with Crippen molar-refractivity contribution in [3.63, 3.8) is 0 Å². The summed E-state index contributed by atoms with van der Waals surface area (Å²) in [5.41, 5.74) is 7.40. The maximum Gasteiger partial charge on any atom is 0.338 e. The molecule has 37 heavy (non-hydrogen) atoms. The molecule has 2 N–H and O–H groups in total. The summed E-state index contributed by atoms with van der Waals surface area (Å²) in [4.78, 5) is 33.0. The van der Waals surface area contributed by atoms with Gasteiger partial charge in [0.15, 0.2) is 0 Å². The number of nitrogens with one attached hydrogen (secondary N) is 2. The highest BCUT2D eigenvalue weighted by atomic mass is 16.5. The number of aryl methyl sites for hydroxylation is 2. The number of carbonyl (C=O) groups excluding carboxylic acids is 2. The lowest BCUT2D eigenvalue weighted by molar-refractivity contribution is -0.116. The number of fused-ring (bicyclic) bond motifs is 2. The SMILES string of the molecule is CCOC(=O)c1ccc(NC(=O)CCCc2c(-c3ccc4ccccc4n3)[nH]c3ccc(C)cc23)cc1. The number of aromatic amines is 1. The van der Waals surface area contributed by atoms with Gasteiger partial charge in [0.25, 0.3) is 0 Å². The van der Waals surface area contributed by atoms with Crippen molar-refractivity contribution in [2.45, 2.75) is 33.1 Å². The quantitative estimate of drug-likeness (QED) is 0.233. The van der Waals surface area contributed by atoms with Crippen molar-refractivity contribution < 1.29 is 14.3 Å². The summed E-state index contributed by atoms with van der Waals surface area (Å²) in [6.45, 7) is 4.18. The van der Waals surface area contributed by atoms with Crippen molar-refractivity contribution in [1.82, 2.24) is 9.97 Å². The number of esters is 1. The third-order valence-electron chi connectivity index (χ3n) is 6.43. The molecule has 0 saturated heterocycles. The van der Waals surface area contributed by atoms with E-state index in [2.05, 4.69) is 53.6 Å². The Kier molecular flexibility index (Phi) is 6.99. The van der Waals surface area contributed by atoms with E-state index in [-0.39, 0.29) is 11.9 Å². The number of amides is 1. The van der Waals surface area contributed by atoms with Gasteiger partial charge in [-0.3, -0.25) is 4.79 Å². The Labute approximate surface area is 215 Å². The van der Waals surface area contributed by atoms with Crippen molar-refractivity contribution in [2.75, 3.05) is 11.9 Å². The molecule has 0 aliphatic carbocycles. The van der Waals surface area contributed by atoms with Crippen LogP contribution in [0.3, 0.4) is 0 Å². The first-order valence-corrected chi connectivity index (χ1v) is 12.6. The number of hydrogen-bond donors (Lipinski definition) is 2. The van der Waals surface area contributed by atoms with Gasteiger partial charge >= 0.3 is 5.97 Å². The molecule has 5 aromatic rings. The number of para-hydroxylation sites is 1. The third-order valence-corrected chi connectivity index (χ3v) is 6.43. The molecule has 0 saturated carbocycles. The molecule has 0 bridgehead atoms. The van der Waals surface area contributed by atoms with E-state index in [1.165, 1.54) is 16.5 Å². The van der Waals surface area contributed by atoms with Gasteiger partial charge < -0.3 is 15.0 Å². The fourth-order valence-corrected chi connectivity index (χ4v) is 4.60. The molecule has 5 rings (SSSR count). The zero-order valence-corrected chi connectivity index (χ0v) is 21.0. The fourth-order valence-electron chi connectivity index (χ4n) is 4.60. The van der Waals surface area contributed by atoms with Gasteiger partial charge in [-0.2, -0.15) is 0 Å². The van der Waals surface area contributed by atoms with Crippen LogP contribution >= 0.6 is 0 Å². The van der Waals surface area contributed by atoms with Crippen LogP contribution < -0.4 is 5.32 Å². The van der Waals surface area contributed by atoms with E-state index >= 15 is 0 Å². The van der Waals surface area contributed by atoms with Gasteiger partial charge in [0, 0.05) is 28.4 Å². The number of H-pyrrole nitrogens is 1. The van der Waals surface area contributed by atoms with Crippen LogP contribution in [0.2, 0.25) is 0 Å². The van der Waals surface area contributed by atoms with Crippen LogP contribution in [0, 0.1) is 6.92 Å². The summed E-state index contributed by atoms with van der Waals surface area (Å²) in [5.74, 6) is -0.434. The largest absolute Gasteiger partial charge is 0.462 e. The molecular formula is C31H29N3O3. The monoisotopic (exact) mass is 491 g/mol. The Balaban J connectivity index is 1.32. The Morgan fingerprint density at radius 3 is 2.59 bits per heavy atom. The maximum atomic E-state index is 12.7. The Morgan fingerprint density at radius 2 is 1.78 bits per heavy atom. The van der Waals surface area contributed by atoms with Crippen LogP contribution in [-0.4, -0.2) is 28.5 Å². The second kappa shape index (κ2) is 10.7. The molecule has 0 fully saturated rings. The number of pyridine rings is 1. The van der Waals surface area contributed by atoms with Crippen molar-refractivity contribution in [2.24, 2.45) is 0 Å². The van der Waals surface area contributed by atoms with E-state index in [9.17, 15) is 9.59 Å². The van der Waals surface area contributed by atoms with Crippen LogP contribution in [0.5, 0.6) is 0 Å². The van der Waals surface area contributed by atoms with E-state index in [0.717, 1.165) is 34.2 Å². The predicted octanol–water partition coefficient (Wildman–Crippen LogP) is 6.83. The van der Waals surface area contributed by atoms with Crippen LogP contribution in [0.4, 0.5) is 5.69 Å². The van der Waals surface area contributed by atoms with Gasteiger partial charge in [0.2, 0.25) is 5.91 Å². The van der Waals surface area contributed by atoms with Crippen LogP contribution in [0.25, 0.3) is 33.2 Å². The van der Waals surface area contributed by atoms with E-state index < -0.39 is 0 Å². The van der Waals surface area contributed by atoms with Gasteiger partial charge in [-0.05, 0) is 80.8 Å². The molecule has 0 aliphatic heterocycles. The first-order chi connectivity index (χ1) is 18.0. The molecule has 3 aromatic carbocycles. The minimum atomic E-state index is -0.369. The first kappa shape index (κ1) is 24.3. The highest BCUT2D eigenvalue weighted by Crippen LogP contribution is 2.32. The average Bonchev–Trinajstić information content (AvgIpc) is 3.26. The maximum absolute atomic E-state index is 12.7. The van der Waals surface area contributed by atoms with Crippen molar-refractivity contribution in [3.05, 3.63) is 95.6 Å². The molecule has 186 valence electrons. The average molecular weight is 492 g/mol. The second-order valence-electron chi connectivity index (χ2n) is 9.12. The topological polar surface area (TPSA) is 84.1 Å². The lowest BCUT2D eigenvalue weighted by atomic mass is 10.0. The number of nitrogens with zero attached hydrogens (tertiary/aromatic N) is 1. The van der Waals surface area contributed by atoms with Gasteiger partial charge in [-0.15, -0.1) is 0 Å². The minimum absolute atomic E-state index is 0.0645. The standard InChI is InChI=1S/C31H29N3O3/c1-3-37-31(36)22-12-15-23(16-13-22)32-29(35)10-6-8-24-25-19-20(2)11-17-27(25)34-30(24)28-18-14-21-7-4-5-9-26(21)33-28/h4-5,7,9,11-19,34H,3,6,8,10H2,1-2H3,(H,32,35). The summed E-state index contributed by atoms with van der Waals surface area (Å²) in [6, 6.07) is 25.4. The molecule has 0 radical (unpaired) electrons. The lowest BCUT2D eigenvalue weighted by Crippen LogP contribution is -2.12. The summed E-state index contributed by atoms with van der Waals surface area (Å²) in [6.07, 6.45) is 1.80. The van der Waals surface area contributed by atoms with Gasteiger partial charge in [-0.25, -0.2) is 9.78 Å². The Hall–Kier alpha value is -4.45. The smallest absolute Gasteiger partial charge is 0.338 e. The van der Waals surface area contributed by atoms with E-state index in [0.29, 0.717) is 30.7 Å². The molecular weight excluding hydrogens is 462 g/mol. The number of rotatable bonds is 8. The van der Waals surface area contributed by atoms with Crippen molar-refractivity contribution >= 4 is 39.4 Å². The normalized spacial score (nSPS) is 11.1. The number of hydrogen-bond acceptors (Lipinski definition) is 4. The molecule has 2 heterocycles. The highest BCUT2D eigenvalue weighted by Gasteiger charge is 2.16. The molecule has 2 aromatic heterocycles. The lowest BCUT2D eigenvalue weighted by Gasteiger charge is -2.08. The highest BCUT2D eigenvalue weighted by molar-refractivity contribution is 5.94. The van der Waals surface area contributed by atoms with Crippen LogP contribution in [-0.2, 0) is 16.0 Å².